The van der Waals surface area contributed by atoms with Crippen molar-refractivity contribution in [2.24, 2.45) is 0 Å². The molecule has 7 nitrogen and oxygen atoms in total. The van der Waals surface area contributed by atoms with Gasteiger partial charge in [-0.1, -0.05) is 42.0 Å². The zero-order valence-electron chi connectivity index (χ0n) is 16.1. The number of aryl methyl sites for hydroxylation is 1. The quantitative estimate of drug-likeness (QED) is 0.466. The summed E-state index contributed by atoms with van der Waals surface area (Å²) in [5, 5.41) is 24.1. The first kappa shape index (κ1) is 20.9. The highest BCUT2D eigenvalue weighted by molar-refractivity contribution is 5.79. The molecule has 1 fully saturated rings. The Morgan fingerprint density at radius 2 is 2.07 bits per heavy atom. The van der Waals surface area contributed by atoms with E-state index < -0.39 is 18.4 Å². The van der Waals surface area contributed by atoms with Crippen LogP contribution in [0.4, 0.5) is 8.78 Å². The lowest BCUT2D eigenvalue weighted by atomic mass is 10.0. The molecule has 0 aliphatic carbocycles. The fourth-order valence-electron chi connectivity index (χ4n) is 3.52. The molecule has 0 spiro atoms. The standard InChI is InChI=1S/C20H25F2N5O2/c21-20(22,15-7-3-1-4-8-15)13-12-17(28)16-10-11-19(29)27(16)14-6-2-5-9-18-23-25-26-24-18/h1,3-4,7-8,12,16,28H,2,5-6,9-11,13-14H2,(H,23,24,25,26)/t16-/m1/s1. The lowest BCUT2D eigenvalue weighted by Crippen LogP contribution is -2.35. The van der Waals surface area contributed by atoms with Crippen LogP contribution in [-0.2, 0) is 17.1 Å². The molecule has 2 heterocycles. The monoisotopic (exact) mass is 405 g/mol. The number of likely N-dealkylation sites (tertiary alicyclic amines) is 1. The first-order valence-electron chi connectivity index (χ1n) is 9.81. The third kappa shape index (κ3) is 5.58. The highest BCUT2D eigenvalue weighted by Crippen LogP contribution is 2.33. The second-order valence-corrected chi connectivity index (χ2v) is 7.18. The van der Waals surface area contributed by atoms with Crippen LogP contribution in [0.3, 0.4) is 0 Å². The van der Waals surface area contributed by atoms with Crippen molar-refractivity contribution in [3.05, 3.63) is 53.6 Å². The number of nitrogens with zero attached hydrogens (tertiary/aromatic N) is 4. The number of hydrogen-bond acceptors (Lipinski definition) is 5. The third-order valence-electron chi connectivity index (χ3n) is 5.12. The maximum absolute atomic E-state index is 14.3. The maximum Gasteiger partial charge on any atom is 0.276 e. The van der Waals surface area contributed by atoms with Gasteiger partial charge < -0.3 is 10.0 Å². The number of aromatic nitrogens is 4. The van der Waals surface area contributed by atoms with E-state index in [0.717, 1.165) is 25.3 Å². The number of unbranched alkanes of at least 4 members (excludes halogenated alkanes) is 2. The molecular weight excluding hydrogens is 380 g/mol. The molecule has 3 rings (SSSR count). The van der Waals surface area contributed by atoms with Gasteiger partial charge in [0.15, 0.2) is 5.82 Å². The van der Waals surface area contributed by atoms with Gasteiger partial charge in [-0.25, -0.2) is 8.78 Å². The van der Waals surface area contributed by atoms with Crippen LogP contribution in [0, 0.1) is 0 Å². The van der Waals surface area contributed by atoms with Crippen LogP contribution in [0.1, 0.15) is 49.9 Å². The van der Waals surface area contributed by atoms with Crippen molar-refractivity contribution >= 4 is 5.91 Å². The summed E-state index contributed by atoms with van der Waals surface area (Å²) in [6, 6.07) is 7.00. The highest BCUT2D eigenvalue weighted by atomic mass is 19.3. The van der Waals surface area contributed by atoms with E-state index in [1.54, 1.807) is 23.1 Å². The summed E-state index contributed by atoms with van der Waals surface area (Å²) in [6.07, 6.45) is 4.49. The SMILES string of the molecule is O=C1CC[C@H](C(O)=CCC(F)(F)c2ccccc2)N1CCCCCc1nn[nH]n1. The van der Waals surface area contributed by atoms with Crippen LogP contribution in [0.25, 0.3) is 0 Å². The molecule has 1 saturated heterocycles. The van der Waals surface area contributed by atoms with Gasteiger partial charge in [0, 0.05) is 31.4 Å². The molecule has 0 unspecified atom stereocenters. The van der Waals surface area contributed by atoms with Crippen molar-refractivity contribution in [2.45, 2.75) is 56.9 Å². The number of amides is 1. The molecule has 2 N–H and O–H groups in total. The van der Waals surface area contributed by atoms with Gasteiger partial charge in [-0.15, -0.1) is 10.2 Å². The molecule has 1 aromatic carbocycles. The van der Waals surface area contributed by atoms with E-state index in [9.17, 15) is 18.7 Å². The van der Waals surface area contributed by atoms with Gasteiger partial charge >= 0.3 is 0 Å². The molecule has 1 amide bonds. The second kappa shape index (κ2) is 9.58. The summed E-state index contributed by atoms with van der Waals surface area (Å²) in [7, 11) is 0. The van der Waals surface area contributed by atoms with E-state index in [1.165, 1.54) is 12.1 Å². The van der Waals surface area contributed by atoms with E-state index >= 15 is 0 Å². The highest BCUT2D eigenvalue weighted by Gasteiger charge is 2.35. The minimum absolute atomic E-state index is 0.0528. The number of aliphatic hydroxyl groups is 1. The number of aromatic amines is 1. The van der Waals surface area contributed by atoms with Crippen molar-refractivity contribution in [1.82, 2.24) is 25.5 Å². The minimum atomic E-state index is -3.07. The van der Waals surface area contributed by atoms with Crippen LogP contribution in [0.15, 0.2) is 42.2 Å². The number of benzene rings is 1. The summed E-state index contributed by atoms with van der Waals surface area (Å²) < 4.78 is 28.7. The number of halogens is 2. The van der Waals surface area contributed by atoms with Crippen LogP contribution in [0.2, 0.25) is 0 Å². The van der Waals surface area contributed by atoms with Crippen molar-refractivity contribution in [3.63, 3.8) is 0 Å². The molecular formula is C20H25F2N5O2. The van der Waals surface area contributed by atoms with Gasteiger partial charge in [0.1, 0.15) is 5.76 Å². The van der Waals surface area contributed by atoms with Crippen LogP contribution < -0.4 is 0 Å². The van der Waals surface area contributed by atoms with Gasteiger partial charge in [0.25, 0.3) is 5.92 Å². The predicted octanol–water partition coefficient (Wildman–Crippen LogP) is 3.53. The second-order valence-electron chi connectivity index (χ2n) is 7.18. The van der Waals surface area contributed by atoms with Gasteiger partial charge in [0.2, 0.25) is 5.91 Å². The minimum Gasteiger partial charge on any atom is -0.510 e. The molecule has 1 aromatic heterocycles. The summed E-state index contributed by atoms with van der Waals surface area (Å²) in [6.45, 7) is 0.489. The van der Waals surface area contributed by atoms with Gasteiger partial charge in [-0.05, 0) is 25.3 Å². The first-order valence-corrected chi connectivity index (χ1v) is 9.81. The van der Waals surface area contributed by atoms with Crippen molar-refractivity contribution in [1.29, 1.82) is 0 Å². The van der Waals surface area contributed by atoms with E-state index in [4.69, 9.17) is 0 Å². The first-order chi connectivity index (χ1) is 14.0. The average Bonchev–Trinajstić information content (AvgIpc) is 3.37. The Labute approximate surface area is 167 Å². The Hall–Kier alpha value is -2.84. The summed E-state index contributed by atoms with van der Waals surface area (Å²) in [5.41, 5.74) is -0.0926. The van der Waals surface area contributed by atoms with Crippen LogP contribution in [0.5, 0.6) is 0 Å². The topological polar surface area (TPSA) is 95.0 Å². The molecule has 0 radical (unpaired) electrons. The van der Waals surface area contributed by atoms with Crippen LogP contribution in [-0.4, -0.2) is 49.1 Å². The number of aliphatic hydroxyl groups excluding tert-OH is 1. The molecule has 1 aliphatic rings. The average molecular weight is 405 g/mol. The smallest absolute Gasteiger partial charge is 0.276 e. The number of carbonyl (C=O) groups is 1. The van der Waals surface area contributed by atoms with Gasteiger partial charge in [-0.3, -0.25) is 4.79 Å². The number of nitrogens with one attached hydrogen (secondary N) is 1. The maximum atomic E-state index is 14.3. The Balaban J connectivity index is 1.51. The lowest BCUT2D eigenvalue weighted by molar-refractivity contribution is -0.128. The number of rotatable bonds is 10. The molecule has 1 atom stereocenters. The zero-order chi connectivity index (χ0) is 20.7. The molecule has 0 bridgehead atoms. The fourth-order valence-corrected chi connectivity index (χ4v) is 3.52. The van der Waals surface area contributed by atoms with E-state index in [0.29, 0.717) is 31.6 Å². The van der Waals surface area contributed by atoms with Crippen molar-refractivity contribution in [2.75, 3.05) is 6.54 Å². The molecule has 1 aliphatic heterocycles. The molecule has 2 aromatic rings. The molecule has 29 heavy (non-hydrogen) atoms. The Bertz CT molecular complexity index is 812. The van der Waals surface area contributed by atoms with Gasteiger partial charge in [0.05, 0.1) is 6.04 Å². The van der Waals surface area contributed by atoms with Crippen molar-refractivity contribution < 1.29 is 18.7 Å². The number of tetrazole rings is 1. The number of alkyl halides is 2. The van der Waals surface area contributed by atoms with Gasteiger partial charge in [-0.2, -0.15) is 5.21 Å². The summed E-state index contributed by atoms with van der Waals surface area (Å²) in [4.78, 5) is 13.8. The van der Waals surface area contributed by atoms with E-state index in [1.807, 2.05) is 0 Å². The number of carbonyl (C=O) groups excluding carboxylic acids is 1. The predicted molar refractivity (Wildman–Crippen MR) is 102 cm³/mol. The van der Waals surface area contributed by atoms with E-state index in [-0.39, 0.29) is 17.2 Å². The largest absolute Gasteiger partial charge is 0.510 e. The summed E-state index contributed by atoms with van der Waals surface area (Å²) in [5.74, 6) is -2.63. The third-order valence-corrected chi connectivity index (χ3v) is 5.12. The molecule has 0 saturated carbocycles. The lowest BCUT2D eigenvalue weighted by Gasteiger charge is -2.25. The Kier molecular flexibility index (Phi) is 6.90. The number of H-pyrrole nitrogens is 1. The normalized spacial score (nSPS) is 17.9. The molecule has 156 valence electrons. The van der Waals surface area contributed by atoms with Crippen LogP contribution >= 0.6 is 0 Å². The zero-order valence-corrected chi connectivity index (χ0v) is 16.1. The van der Waals surface area contributed by atoms with Crippen molar-refractivity contribution in [3.8, 4) is 0 Å². The van der Waals surface area contributed by atoms with E-state index in [2.05, 4.69) is 20.6 Å². The Morgan fingerprint density at radius 1 is 1.28 bits per heavy atom. The summed E-state index contributed by atoms with van der Waals surface area (Å²) >= 11 is 0. The fraction of sp³-hybridized carbons (Fsp3) is 0.500. The molecule has 9 heteroatoms. The number of allylic oxidation sites excluding steroid dienone is 1. The number of hydrogen-bond donors (Lipinski definition) is 2. The Morgan fingerprint density at radius 3 is 2.79 bits per heavy atom.